The van der Waals surface area contributed by atoms with Gasteiger partial charge in [-0.3, -0.25) is 4.79 Å². The van der Waals surface area contributed by atoms with E-state index in [2.05, 4.69) is 9.88 Å². The third-order valence-corrected chi connectivity index (χ3v) is 6.86. The second kappa shape index (κ2) is 9.65. The highest BCUT2D eigenvalue weighted by Gasteiger charge is 2.37. The molecule has 2 N–H and O–H groups in total. The molecule has 0 saturated carbocycles. The Morgan fingerprint density at radius 3 is 2.42 bits per heavy atom. The van der Waals surface area contributed by atoms with Gasteiger partial charge in [-0.05, 0) is 42.7 Å². The Hall–Kier alpha value is -2.71. The number of aromatic nitrogens is 1. The lowest BCUT2D eigenvalue weighted by molar-refractivity contribution is -0.144. The van der Waals surface area contributed by atoms with Crippen molar-refractivity contribution < 1.29 is 24.5 Å². The Morgan fingerprint density at radius 2 is 1.82 bits per heavy atom. The van der Waals surface area contributed by atoms with Crippen LogP contribution in [0.15, 0.2) is 30.5 Å². The molecule has 8 nitrogen and oxygen atoms in total. The minimum absolute atomic E-state index is 0.0215. The number of ether oxygens (including phenoxy) is 1. The van der Waals surface area contributed by atoms with Gasteiger partial charge in [0.1, 0.15) is 11.9 Å². The number of hydrogen-bond donors (Lipinski definition) is 2. The largest absolute Gasteiger partial charge is 0.485 e. The van der Waals surface area contributed by atoms with Gasteiger partial charge in [-0.15, -0.1) is 0 Å². The summed E-state index contributed by atoms with van der Waals surface area (Å²) in [5.74, 6) is -0.800. The summed E-state index contributed by atoms with van der Waals surface area (Å²) in [7, 11) is 0. The summed E-state index contributed by atoms with van der Waals surface area (Å²) in [6, 6.07) is 7.41. The first-order valence-corrected chi connectivity index (χ1v) is 11.5. The van der Waals surface area contributed by atoms with Crippen molar-refractivity contribution in [2.75, 3.05) is 31.1 Å². The second-order valence-corrected chi connectivity index (χ2v) is 9.36. The van der Waals surface area contributed by atoms with E-state index in [0.29, 0.717) is 35.3 Å². The van der Waals surface area contributed by atoms with Gasteiger partial charge in [-0.1, -0.05) is 29.3 Å². The Kier molecular flexibility index (Phi) is 6.86. The number of aryl methyl sites for hydroxylation is 1. The van der Waals surface area contributed by atoms with Crippen molar-refractivity contribution in [1.82, 2.24) is 9.88 Å². The molecule has 10 heteroatoms. The maximum Gasteiger partial charge on any atom is 0.407 e. The SMILES string of the molecule is Cc1cc(Cl)c(O[C@@H]2CCN(c3ccc([C@@H]4CCN(C(=O)O)C[C@@H]4C(=O)O)cn3)C2)c(Cl)c1. The summed E-state index contributed by atoms with van der Waals surface area (Å²) in [5, 5.41) is 19.8. The fourth-order valence-electron chi connectivity index (χ4n) is 4.58. The number of anilines is 1. The molecule has 3 atom stereocenters. The summed E-state index contributed by atoms with van der Waals surface area (Å²) in [5.41, 5.74) is 1.77. The predicted molar refractivity (Wildman–Crippen MR) is 125 cm³/mol. The quantitative estimate of drug-likeness (QED) is 0.630. The molecule has 4 rings (SSSR count). The van der Waals surface area contributed by atoms with Crippen LogP contribution in [0.2, 0.25) is 10.0 Å². The number of carbonyl (C=O) groups is 2. The zero-order valence-corrected chi connectivity index (χ0v) is 19.6. The van der Waals surface area contributed by atoms with Gasteiger partial charge in [0, 0.05) is 38.2 Å². The molecule has 2 saturated heterocycles. The molecule has 2 fully saturated rings. The van der Waals surface area contributed by atoms with Crippen molar-refractivity contribution in [2.24, 2.45) is 5.92 Å². The van der Waals surface area contributed by atoms with Crippen molar-refractivity contribution in [3.63, 3.8) is 0 Å². The number of carboxylic acids is 1. The van der Waals surface area contributed by atoms with E-state index >= 15 is 0 Å². The molecule has 1 amide bonds. The summed E-state index contributed by atoms with van der Waals surface area (Å²) >= 11 is 12.6. The number of amides is 1. The molecule has 0 bridgehead atoms. The lowest BCUT2D eigenvalue weighted by Gasteiger charge is -2.35. The number of hydrogen-bond acceptors (Lipinski definition) is 5. The molecule has 0 spiro atoms. The van der Waals surface area contributed by atoms with Crippen LogP contribution in [0.5, 0.6) is 5.75 Å². The van der Waals surface area contributed by atoms with Gasteiger partial charge >= 0.3 is 12.1 Å². The second-order valence-electron chi connectivity index (χ2n) is 8.55. The van der Waals surface area contributed by atoms with Gasteiger partial charge in [0.05, 0.1) is 22.5 Å². The number of piperidine rings is 1. The summed E-state index contributed by atoms with van der Waals surface area (Å²) in [4.78, 5) is 30.8. The molecule has 1 aromatic carbocycles. The highest BCUT2D eigenvalue weighted by molar-refractivity contribution is 6.37. The Morgan fingerprint density at radius 1 is 1.09 bits per heavy atom. The van der Waals surface area contributed by atoms with Gasteiger partial charge < -0.3 is 24.7 Å². The van der Waals surface area contributed by atoms with Crippen LogP contribution < -0.4 is 9.64 Å². The molecule has 0 aliphatic carbocycles. The predicted octanol–water partition coefficient (Wildman–Crippen LogP) is 4.52. The average Bonchev–Trinajstić information content (AvgIpc) is 3.24. The molecular weight excluding hydrogens is 469 g/mol. The third kappa shape index (κ3) is 5.12. The van der Waals surface area contributed by atoms with Crippen LogP contribution in [0.1, 0.15) is 29.9 Å². The van der Waals surface area contributed by atoms with Crippen LogP contribution in [-0.2, 0) is 4.79 Å². The highest BCUT2D eigenvalue weighted by atomic mass is 35.5. The lowest BCUT2D eigenvalue weighted by atomic mass is 9.81. The Balaban J connectivity index is 1.42. The van der Waals surface area contributed by atoms with Gasteiger partial charge in [-0.2, -0.15) is 0 Å². The van der Waals surface area contributed by atoms with Crippen LogP contribution in [0, 0.1) is 12.8 Å². The Labute approximate surface area is 201 Å². The molecule has 2 aromatic rings. The first kappa shape index (κ1) is 23.4. The summed E-state index contributed by atoms with van der Waals surface area (Å²) < 4.78 is 6.08. The smallest absolute Gasteiger partial charge is 0.407 e. The molecular formula is C23H25Cl2N3O5. The fraction of sp³-hybridized carbons (Fsp3) is 0.435. The molecule has 176 valence electrons. The fourth-order valence-corrected chi connectivity index (χ4v) is 5.26. The first-order valence-electron chi connectivity index (χ1n) is 10.8. The van der Waals surface area contributed by atoms with Gasteiger partial charge in [0.25, 0.3) is 0 Å². The van der Waals surface area contributed by atoms with E-state index in [-0.39, 0.29) is 18.6 Å². The maximum atomic E-state index is 11.8. The van der Waals surface area contributed by atoms with Gasteiger partial charge in [0.15, 0.2) is 5.75 Å². The maximum absolute atomic E-state index is 11.8. The van der Waals surface area contributed by atoms with E-state index in [0.717, 1.165) is 34.8 Å². The van der Waals surface area contributed by atoms with E-state index < -0.39 is 18.0 Å². The van der Waals surface area contributed by atoms with Crippen LogP contribution >= 0.6 is 23.2 Å². The van der Waals surface area contributed by atoms with Crippen LogP contribution in [0.4, 0.5) is 10.6 Å². The minimum atomic E-state index is -1.09. The van der Waals surface area contributed by atoms with Crippen LogP contribution in [0.25, 0.3) is 0 Å². The van der Waals surface area contributed by atoms with Crippen LogP contribution in [0.3, 0.4) is 0 Å². The zero-order chi connectivity index (χ0) is 23.7. The average molecular weight is 494 g/mol. The van der Waals surface area contributed by atoms with E-state index in [1.54, 1.807) is 6.20 Å². The van der Waals surface area contributed by atoms with Crippen molar-refractivity contribution in [3.05, 3.63) is 51.6 Å². The summed E-state index contributed by atoms with van der Waals surface area (Å²) in [6.45, 7) is 3.59. The Bertz CT molecular complexity index is 1030. The number of pyridine rings is 1. The molecule has 1 aromatic heterocycles. The van der Waals surface area contributed by atoms with E-state index in [1.807, 2.05) is 31.2 Å². The van der Waals surface area contributed by atoms with Crippen molar-refractivity contribution in [1.29, 1.82) is 0 Å². The molecule has 0 radical (unpaired) electrons. The first-order chi connectivity index (χ1) is 15.7. The molecule has 2 aliphatic rings. The van der Waals surface area contributed by atoms with Crippen LogP contribution in [-0.4, -0.2) is 64.4 Å². The number of nitrogens with zero attached hydrogens (tertiary/aromatic N) is 3. The van der Waals surface area contributed by atoms with E-state index in [9.17, 15) is 19.8 Å². The molecule has 2 aliphatic heterocycles. The number of aliphatic carboxylic acids is 1. The van der Waals surface area contributed by atoms with Crippen molar-refractivity contribution in [3.8, 4) is 5.75 Å². The van der Waals surface area contributed by atoms with Crippen molar-refractivity contribution >= 4 is 41.1 Å². The normalized spacial score (nSPS) is 22.9. The molecule has 0 unspecified atom stereocenters. The van der Waals surface area contributed by atoms with Gasteiger partial charge in [0.2, 0.25) is 0 Å². The number of benzene rings is 1. The molecule has 33 heavy (non-hydrogen) atoms. The molecule has 3 heterocycles. The zero-order valence-electron chi connectivity index (χ0n) is 18.1. The number of carboxylic acid groups (broad SMARTS) is 2. The highest BCUT2D eigenvalue weighted by Crippen LogP contribution is 2.37. The summed E-state index contributed by atoms with van der Waals surface area (Å²) in [6.07, 6.45) is 1.77. The number of rotatable bonds is 5. The lowest BCUT2D eigenvalue weighted by Crippen LogP contribution is -2.45. The van der Waals surface area contributed by atoms with E-state index in [1.165, 1.54) is 0 Å². The van der Waals surface area contributed by atoms with Gasteiger partial charge in [-0.25, -0.2) is 9.78 Å². The van der Waals surface area contributed by atoms with E-state index in [4.69, 9.17) is 27.9 Å². The topological polar surface area (TPSA) is 103 Å². The third-order valence-electron chi connectivity index (χ3n) is 6.30. The number of likely N-dealkylation sites (tertiary alicyclic amines) is 1. The van der Waals surface area contributed by atoms with Crippen molar-refractivity contribution in [2.45, 2.75) is 31.8 Å². The number of halogens is 2. The minimum Gasteiger partial charge on any atom is -0.485 e. The monoisotopic (exact) mass is 493 g/mol. The standard InChI is InChI=1S/C23H25Cl2N3O5/c1-13-8-18(24)21(19(25)9-13)33-15-4-6-27(11-15)20-3-2-14(10-26-20)16-5-7-28(23(31)32)12-17(16)22(29)30/h2-3,8-10,15-17H,4-7,11-12H2,1H3,(H,29,30)(H,31,32)/t15-,16+,17+/m1/s1.